The fraction of sp³-hybridized carbons (Fsp3) is 0.444. The number of nitrogens with zero attached hydrogens (tertiary/aromatic N) is 2. The number of amides is 2. The molecule has 12 heteroatoms. The van der Waals surface area contributed by atoms with E-state index >= 15 is 0 Å². The Morgan fingerprint density at radius 3 is 1.93 bits per heavy atom. The SMILES string of the molecule is CC(C)(C)OC(=O)NC(=N)N(OC(=O)c1ccc([N+](=O)[O-])cc1)C(=O)OC(C)(C)C. The molecule has 1 rings (SSSR count). The average molecular weight is 424 g/mol. The first-order valence-electron chi connectivity index (χ1n) is 8.67. The molecule has 0 aromatic heterocycles. The van der Waals surface area contributed by atoms with E-state index in [1.54, 1.807) is 41.5 Å². The Hall–Kier alpha value is -3.70. The molecule has 164 valence electrons. The van der Waals surface area contributed by atoms with Gasteiger partial charge in [-0.15, -0.1) is 0 Å². The molecule has 0 aliphatic heterocycles. The van der Waals surface area contributed by atoms with Crippen molar-refractivity contribution >= 4 is 29.8 Å². The van der Waals surface area contributed by atoms with Crippen LogP contribution in [-0.2, 0) is 14.3 Å². The molecule has 12 nitrogen and oxygen atoms in total. The van der Waals surface area contributed by atoms with Gasteiger partial charge in [-0.05, 0) is 53.7 Å². The highest BCUT2D eigenvalue weighted by molar-refractivity contribution is 6.00. The second kappa shape index (κ2) is 9.20. The van der Waals surface area contributed by atoms with Gasteiger partial charge in [0.25, 0.3) is 5.69 Å². The Morgan fingerprint density at radius 1 is 1.00 bits per heavy atom. The number of hydrogen-bond donors (Lipinski definition) is 2. The predicted molar refractivity (Wildman–Crippen MR) is 104 cm³/mol. The highest BCUT2D eigenvalue weighted by Crippen LogP contribution is 2.15. The van der Waals surface area contributed by atoms with Gasteiger partial charge in [0, 0.05) is 12.1 Å². The Kier molecular flexibility index (Phi) is 7.46. The molecule has 2 amide bonds. The van der Waals surface area contributed by atoms with Gasteiger partial charge in [0.2, 0.25) is 5.96 Å². The molecule has 1 aromatic rings. The maximum absolute atomic E-state index is 12.4. The number of guanidine groups is 1. The normalized spacial score (nSPS) is 11.1. The highest BCUT2D eigenvalue weighted by Gasteiger charge is 2.31. The monoisotopic (exact) mass is 424 g/mol. The van der Waals surface area contributed by atoms with Crippen molar-refractivity contribution < 1.29 is 33.6 Å². The largest absolute Gasteiger partial charge is 0.451 e. The molecule has 1 aromatic carbocycles. The van der Waals surface area contributed by atoms with Gasteiger partial charge in [-0.25, -0.2) is 14.4 Å². The first-order valence-corrected chi connectivity index (χ1v) is 8.67. The fourth-order valence-electron chi connectivity index (χ4n) is 1.78. The van der Waals surface area contributed by atoms with E-state index in [1.807, 2.05) is 5.32 Å². The van der Waals surface area contributed by atoms with Crippen molar-refractivity contribution in [3.8, 4) is 0 Å². The van der Waals surface area contributed by atoms with Crippen LogP contribution >= 0.6 is 0 Å². The van der Waals surface area contributed by atoms with Crippen LogP contribution in [-0.4, -0.2) is 45.3 Å². The third kappa shape index (κ3) is 8.12. The molecule has 0 radical (unpaired) electrons. The van der Waals surface area contributed by atoms with E-state index in [0.717, 1.165) is 24.3 Å². The number of nitrogens with one attached hydrogen (secondary N) is 2. The second-order valence-corrected chi connectivity index (χ2v) is 7.93. The molecule has 0 unspecified atom stereocenters. The van der Waals surface area contributed by atoms with Crippen LogP contribution in [0.5, 0.6) is 0 Å². The maximum Gasteiger partial charge on any atom is 0.451 e. The van der Waals surface area contributed by atoms with Crippen LogP contribution in [0.1, 0.15) is 51.9 Å². The Morgan fingerprint density at radius 2 is 1.50 bits per heavy atom. The van der Waals surface area contributed by atoms with Crippen molar-refractivity contribution in [2.24, 2.45) is 0 Å². The molecule has 0 aliphatic carbocycles. The molecule has 0 aliphatic rings. The number of hydrogen-bond acceptors (Lipinski definition) is 9. The first-order chi connectivity index (χ1) is 13.6. The molecule has 0 spiro atoms. The van der Waals surface area contributed by atoms with E-state index in [1.165, 1.54) is 0 Å². The van der Waals surface area contributed by atoms with Crippen LogP contribution in [0.3, 0.4) is 0 Å². The number of nitro groups is 1. The topological polar surface area (TPSA) is 161 Å². The second-order valence-electron chi connectivity index (χ2n) is 7.93. The third-order valence-electron chi connectivity index (χ3n) is 2.87. The molecule has 0 fully saturated rings. The summed E-state index contributed by atoms with van der Waals surface area (Å²) in [6.07, 6.45) is -2.31. The quantitative estimate of drug-likeness (QED) is 0.316. The van der Waals surface area contributed by atoms with E-state index in [4.69, 9.17) is 19.7 Å². The van der Waals surface area contributed by atoms with Crippen molar-refractivity contribution in [1.29, 1.82) is 5.41 Å². The molecule has 2 N–H and O–H groups in total. The lowest BCUT2D eigenvalue weighted by Crippen LogP contribution is -2.50. The summed E-state index contributed by atoms with van der Waals surface area (Å²) in [5, 5.41) is 20.7. The van der Waals surface area contributed by atoms with Gasteiger partial charge in [0.1, 0.15) is 11.2 Å². The number of benzene rings is 1. The van der Waals surface area contributed by atoms with Gasteiger partial charge in [-0.1, -0.05) is 5.06 Å². The number of rotatable bonds is 2. The van der Waals surface area contributed by atoms with Crippen LogP contribution in [0, 0.1) is 15.5 Å². The van der Waals surface area contributed by atoms with Crippen molar-refractivity contribution in [3.05, 3.63) is 39.9 Å². The fourth-order valence-corrected chi connectivity index (χ4v) is 1.78. The predicted octanol–water partition coefficient (Wildman–Crippen LogP) is 3.36. The number of nitro benzene ring substituents is 1. The van der Waals surface area contributed by atoms with E-state index in [-0.39, 0.29) is 16.3 Å². The summed E-state index contributed by atoms with van der Waals surface area (Å²) in [5.74, 6) is -2.06. The zero-order valence-corrected chi connectivity index (χ0v) is 17.5. The van der Waals surface area contributed by atoms with Crippen LogP contribution in [0.2, 0.25) is 0 Å². The molecule has 0 saturated heterocycles. The summed E-state index contributed by atoms with van der Waals surface area (Å²) in [6.45, 7) is 9.42. The summed E-state index contributed by atoms with van der Waals surface area (Å²) in [4.78, 5) is 51.6. The van der Waals surface area contributed by atoms with Crippen LogP contribution in [0.4, 0.5) is 15.3 Å². The zero-order chi connectivity index (χ0) is 23.3. The minimum atomic E-state index is -1.25. The minimum absolute atomic E-state index is 0.138. The summed E-state index contributed by atoms with van der Waals surface area (Å²) < 4.78 is 10.1. The van der Waals surface area contributed by atoms with Crippen LogP contribution < -0.4 is 5.32 Å². The minimum Gasteiger partial charge on any atom is -0.444 e. The van der Waals surface area contributed by atoms with E-state index < -0.39 is 40.2 Å². The standard InChI is InChI=1S/C18H24N4O8/c1-17(2,3)28-15(24)20-14(19)21(16(25)29-18(4,5)6)30-13(23)11-7-9-12(10-8-11)22(26)27/h7-10H,1-6H3,(H2,19,20,24). The maximum atomic E-state index is 12.4. The number of carbonyl (C=O) groups is 3. The summed E-state index contributed by atoms with van der Waals surface area (Å²) in [6, 6.07) is 4.36. The van der Waals surface area contributed by atoms with Crippen molar-refractivity contribution in [3.63, 3.8) is 0 Å². The summed E-state index contributed by atoms with van der Waals surface area (Å²) in [5.41, 5.74) is -2.27. The van der Waals surface area contributed by atoms with Crippen LogP contribution in [0.25, 0.3) is 0 Å². The highest BCUT2D eigenvalue weighted by atomic mass is 16.8. The lowest BCUT2D eigenvalue weighted by atomic mass is 10.2. The molecular weight excluding hydrogens is 400 g/mol. The molecular formula is C18H24N4O8. The Balaban J connectivity index is 3.03. The van der Waals surface area contributed by atoms with Gasteiger partial charge in [-0.2, -0.15) is 0 Å². The molecule has 0 saturated carbocycles. The summed E-state index contributed by atoms with van der Waals surface area (Å²) >= 11 is 0. The van der Waals surface area contributed by atoms with Crippen molar-refractivity contribution in [2.45, 2.75) is 52.7 Å². The van der Waals surface area contributed by atoms with Crippen LogP contribution in [0.15, 0.2) is 24.3 Å². The number of non-ortho nitro benzene ring substituents is 1. The first kappa shape index (κ1) is 24.3. The molecule has 0 heterocycles. The van der Waals surface area contributed by atoms with Gasteiger partial charge < -0.3 is 14.3 Å². The van der Waals surface area contributed by atoms with Gasteiger partial charge >= 0.3 is 18.2 Å². The lowest BCUT2D eigenvalue weighted by molar-refractivity contribution is -0.384. The number of hydroxylamine groups is 2. The Bertz CT molecular complexity index is 837. The smallest absolute Gasteiger partial charge is 0.444 e. The van der Waals surface area contributed by atoms with E-state index in [9.17, 15) is 24.5 Å². The zero-order valence-electron chi connectivity index (χ0n) is 17.5. The van der Waals surface area contributed by atoms with Gasteiger partial charge in [-0.3, -0.25) is 20.8 Å². The molecule has 30 heavy (non-hydrogen) atoms. The van der Waals surface area contributed by atoms with Gasteiger partial charge in [0.05, 0.1) is 10.5 Å². The third-order valence-corrected chi connectivity index (χ3v) is 2.87. The van der Waals surface area contributed by atoms with E-state index in [2.05, 4.69) is 0 Å². The summed E-state index contributed by atoms with van der Waals surface area (Å²) in [7, 11) is 0. The molecule has 0 bridgehead atoms. The number of alkyl carbamates (subject to hydrolysis) is 1. The molecule has 0 atom stereocenters. The van der Waals surface area contributed by atoms with Crippen molar-refractivity contribution in [1.82, 2.24) is 10.4 Å². The average Bonchev–Trinajstić information content (AvgIpc) is 2.55. The number of ether oxygens (including phenoxy) is 2. The van der Waals surface area contributed by atoms with Gasteiger partial charge in [0.15, 0.2) is 0 Å². The lowest BCUT2D eigenvalue weighted by Gasteiger charge is -2.26. The Labute approximate surface area is 172 Å². The number of carbonyl (C=O) groups excluding carboxylic acids is 3. The van der Waals surface area contributed by atoms with E-state index in [0.29, 0.717) is 0 Å². The van der Waals surface area contributed by atoms with Crippen molar-refractivity contribution in [2.75, 3.05) is 0 Å².